The summed E-state index contributed by atoms with van der Waals surface area (Å²) < 4.78 is 4.30. The highest BCUT2D eigenvalue weighted by atomic mass is 15.0. The van der Waals surface area contributed by atoms with E-state index in [2.05, 4.69) is 51.6 Å². The molecule has 0 aliphatic rings. The van der Waals surface area contributed by atoms with Crippen LogP contribution in [0.4, 0.5) is 0 Å². The van der Waals surface area contributed by atoms with E-state index in [1.54, 1.807) is 6.07 Å². The van der Waals surface area contributed by atoms with Crippen molar-refractivity contribution < 1.29 is 0 Å². The maximum atomic E-state index is 11.4. The molecule has 13 aromatic rings. The molecule has 10 aromatic carbocycles. The molecular formula is C70H34N12. The molecule has 12 heteroatoms. The number of para-hydroxylation sites is 2. The van der Waals surface area contributed by atoms with E-state index >= 15 is 0 Å². The Kier molecular flexibility index (Phi) is 11.9. The average Bonchev–Trinajstić information content (AvgIpc) is 3.46. The fourth-order valence-electron chi connectivity index (χ4n) is 11.3. The molecule has 0 amide bonds. The number of nitriles is 7. The quantitative estimate of drug-likeness (QED) is 0.140. The Hall–Kier alpha value is -12.8. The zero-order valence-electron chi connectivity index (χ0n) is 43.0. The van der Waals surface area contributed by atoms with Crippen LogP contribution in [-0.4, -0.2) is 24.1 Å². The Morgan fingerprint density at radius 2 is 0.671 bits per heavy atom. The summed E-state index contributed by atoms with van der Waals surface area (Å²) in [6.45, 7) is 0. The Balaban J connectivity index is 1.11. The molecule has 374 valence electrons. The standard InChI is InChI=1S/C70H34N12/c71-35-42-28-50(38-74)65(51(29-42)39-75)46-22-25-61-56(32-46)54-17-7-9-19-59(54)81(61)63-27-24-48(70-79-68(44-12-3-1-4-13-44)78-69(80-70)45-14-5-2-6-15-45)34-58(63)67-49(37-73)16-11-21-64(67)82-60-20-10-8-18-55(60)57-33-47(23-26-62(57)82)66-52(40-76)30-43(36-72)31-53(66)41-77/h1-34H. The maximum Gasteiger partial charge on any atom is 0.164 e. The van der Waals surface area contributed by atoms with Gasteiger partial charge in [-0.05, 0) is 102 Å². The van der Waals surface area contributed by atoms with Crippen LogP contribution in [0.15, 0.2) is 206 Å². The van der Waals surface area contributed by atoms with Gasteiger partial charge in [0.1, 0.15) is 0 Å². The SMILES string of the molecule is N#Cc1cc(C#N)c(-c2ccc3c(c2)c2ccccc2n3-c2ccc(-c3nc(-c4ccccc4)nc(-c4ccccc4)n3)cc2-c2c(C#N)cccc2-n2c3ccccc3c3cc(-c4c(C#N)cc(C#N)cc4C#N)ccc32)c(C#N)c1. The molecule has 0 saturated heterocycles. The van der Waals surface area contributed by atoms with Gasteiger partial charge in [-0.25, -0.2) is 15.0 Å². The van der Waals surface area contributed by atoms with Crippen LogP contribution >= 0.6 is 0 Å². The van der Waals surface area contributed by atoms with Gasteiger partial charge in [-0.2, -0.15) is 36.8 Å². The molecular weight excluding hydrogens is 1010 g/mol. The number of fused-ring (bicyclic) bond motifs is 6. The summed E-state index contributed by atoms with van der Waals surface area (Å²) in [6.07, 6.45) is 0. The molecule has 0 spiro atoms. The second-order valence-corrected chi connectivity index (χ2v) is 19.3. The molecule has 0 aliphatic heterocycles. The number of hydrogen-bond acceptors (Lipinski definition) is 10. The Labute approximate surface area is 468 Å². The third kappa shape index (κ3) is 7.98. The Morgan fingerprint density at radius 1 is 0.268 bits per heavy atom. The first-order chi connectivity index (χ1) is 40.3. The van der Waals surface area contributed by atoms with Crippen LogP contribution in [-0.2, 0) is 0 Å². The molecule has 0 N–H and O–H groups in total. The average molecular weight is 1040 g/mol. The van der Waals surface area contributed by atoms with E-state index < -0.39 is 0 Å². The van der Waals surface area contributed by atoms with Crippen molar-refractivity contribution in [3.05, 3.63) is 245 Å². The highest BCUT2D eigenvalue weighted by molar-refractivity contribution is 6.13. The summed E-state index contributed by atoms with van der Waals surface area (Å²) in [6, 6.07) is 80.3. The molecule has 0 unspecified atom stereocenters. The molecule has 0 atom stereocenters. The van der Waals surface area contributed by atoms with E-state index in [1.807, 2.05) is 176 Å². The monoisotopic (exact) mass is 1040 g/mol. The summed E-state index contributed by atoms with van der Waals surface area (Å²) >= 11 is 0. The van der Waals surface area contributed by atoms with E-state index in [-0.39, 0.29) is 33.4 Å². The molecule has 3 aromatic heterocycles. The minimum absolute atomic E-state index is 0.203. The van der Waals surface area contributed by atoms with Gasteiger partial charge in [-0.3, -0.25) is 0 Å². The fourth-order valence-corrected chi connectivity index (χ4v) is 11.3. The van der Waals surface area contributed by atoms with Gasteiger partial charge in [0.15, 0.2) is 17.5 Å². The molecule has 82 heavy (non-hydrogen) atoms. The molecule has 0 bridgehead atoms. The fraction of sp³-hybridized carbons (Fsp3) is 0. The summed E-state index contributed by atoms with van der Waals surface area (Å²) in [4.78, 5) is 15.3. The van der Waals surface area contributed by atoms with Gasteiger partial charge in [-0.15, -0.1) is 0 Å². The molecule has 3 heterocycles. The third-order valence-electron chi connectivity index (χ3n) is 14.8. The van der Waals surface area contributed by atoms with Crippen molar-refractivity contribution in [2.75, 3.05) is 0 Å². The molecule has 0 saturated carbocycles. The number of nitrogens with zero attached hydrogens (tertiary/aromatic N) is 12. The summed E-state index contributed by atoms with van der Waals surface area (Å²) in [5.41, 5.74) is 11.8. The largest absolute Gasteiger partial charge is 0.309 e. The van der Waals surface area contributed by atoms with Gasteiger partial charge in [-0.1, -0.05) is 115 Å². The number of rotatable bonds is 8. The van der Waals surface area contributed by atoms with E-state index in [0.29, 0.717) is 73.4 Å². The van der Waals surface area contributed by atoms with Crippen molar-refractivity contribution >= 4 is 43.6 Å². The lowest BCUT2D eigenvalue weighted by atomic mass is 9.92. The lowest BCUT2D eigenvalue weighted by Gasteiger charge is -2.21. The van der Waals surface area contributed by atoms with Crippen molar-refractivity contribution in [2.45, 2.75) is 0 Å². The van der Waals surface area contributed by atoms with Crippen LogP contribution in [0, 0.1) is 79.3 Å². The summed E-state index contributed by atoms with van der Waals surface area (Å²) in [7, 11) is 0. The normalized spacial score (nSPS) is 10.8. The molecule has 13 rings (SSSR count). The lowest BCUT2D eigenvalue weighted by molar-refractivity contribution is 1.07. The zero-order valence-corrected chi connectivity index (χ0v) is 43.0. The number of benzene rings is 10. The highest BCUT2D eigenvalue weighted by Crippen LogP contribution is 2.45. The van der Waals surface area contributed by atoms with Gasteiger partial charge in [0.05, 0.1) is 115 Å². The van der Waals surface area contributed by atoms with Gasteiger partial charge < -0.3 is 9.13 Å². The van der Waals surface area contributed by atoms with Gasteiger partial charge in [0, 0.05) is 60.5 Å². The van der Waals surface area contributed by atoms with E-state index in [1.165, 1.54) is 24.3 Å². The molecule has 12 nitrogen and oxygen atoms in total. The van der Waals surface area contributed by atoms with E-state index in [9.17, 15) is 36.8 Å². The first-order valence-electron chi connectivity index (χ1n) is 25.7. The van der Waals surface area contributed by atoms with Crippen LogP contribution < -0.4 is 0 Å². The first kappa shape index (κ1) is 48.9. The maximum absolute atomic E-state index is 11.4. The van der Waals surface area contributed by atoms with Gasteiger partial charge in [0.2, 0.25) is 0 Å². The predicted molar refractivity (Wildman–Crippen MR) is 314 cm³/mol. The summed E-state index contributed by atoms with van der Waals surface area (Å²) in [5.74, 6) is 1.34. The van der Waals surface area contributed by atoms with Crippen molar-refractivity contribution in [1.29, 1.82) is 36.8 Å². The van der Waals surface area contributed by atoms with Gasteiger partial charge >= 0.3 is 0 Å². The molecule has 0 aliphatic carbocycles. The van der Waals surface area contributed by atoms with E-state index in [0.717, 1.165) is 54.7 Å². The van der Waals surface area contributed by atoms with Crippen molar-refractivity contribution in [1.82, 2.24) is 24.1 Å². The van der Waals surface area contributed by atoms with Crippen molar-refractivity contribution in [3.8, 4) is 121 Å². The number of aromatic nitrogens is 5. The first-order valence-corrected chi connectivity index (χ1v) is 25.7. The summed E-state index contributed by atoms with van der Waals surface area (Å²) in [5, 5.41) is 75.8. The molecule has 0 fully saturated rings. The second kappa shape index (κ2) is 20.0. The van der Waals surface area contributed by atoms with Crippen LogP contribution in [0.2, 0.25) is 0 Å². The minimum Gasteiger partial charge on any atom is -0.309 e. The molecule has 0 radical (unpaired) electrons. The smallest absolute Gasteiger partial charge is 0.164 e. The topological polar surface area (TPSA) is 215 Å². The van der Waals surface area contributed by atoms with Gasteiger partial charge in [0.25, 0.3) is 0 Å². The third-order valence-corrected chi connectivity index (χ3v) is 14.8. The second-order valence-electron chi connectivity index (χ2n) is 19.3. The zero-order chi connectivity index (χ0) is 56.0. The van der Waals surface area contributed by atoms with Crippen LogP contribution in [0.5, 0.6) is 0 Å². The Bertz CT molecular complexity index is 5070. The lowest BCUT2D eigenvalue weighted by Crippen LogP contribution is -2.05. The predicted octanol–water partition coefficient (Wildman–Crippen LogP) is 15.2. The number of hydrogen-bond donors (Lipinski definition) is 0. The minimum atomic E-state index is 0.203. The van der Waals surface area contributed by atoms with Crippen molar-refractivity contribution in [2.24, 2.45) is 0 Å². The Morgan fingerprint density at radius 3 is 1.12 bits per heavy atom. The highest BCUT2D eigenvalue weighted by Gasteiger charge is 2.26. The van der Waals surface area contributed by atoms with Crippen LogP contribution in [0.3, 0.4) is 0 Å². The van der Waals surface area contributed by atoms with Crippen LogP contribution in [0.25, 0.3) is 123 Å². The van der Waals surface area contributed by atoms with Crippen LogP contribution in [0.1, 0.15) is 38.9 Å². The van der Waals surface area contributed by atoms with Crippen molar-refractivity contribution in [3.63, 3.8) is 0 Å². The van der Waals surface area contributed by atoms with E-state index in [4.69, 9.17) is 15.0 Å².